The fourth-order valence-electron chi connectivity index (χ4n) is 2.09. The minimum atomic E-state index is 0.0209. The molecule has 1 amide bonds. The number of rotatable bonds is 4. The molecule has 94 valence electrons. The molecule has 0 aromatic carbocycles. The summed E-state index contributed by atoms with van der Waals surface area (Å²) in [5.41, 5.74) is 1.12. The maximum Gasteiger partial charge on any atom is 0.261 e. The number of carbonyl (C=O) groups is 1. The third kappa shape index (κ3) is 2.68. The van der Waals surface area contributed by atoms with Gasteiger partial charge in [-0.2, -0.15) is 0 Å². The molecule has 1 aliphatic rings. The van der Waals surface area contributed by atoms with Crippen LogP contribution in [0, 0.1) is 0 Å². The Morgan fingerprint density at radius 2 is 2.47 bits per heavy atom. The fourth-order valence-corrected chi connectivity index (χ4v) is 2.99. The van der Waals surface area contributed by atoms with E-state index in [1.54, 1.807) is 7.11 Å². The molecule has 1 fully saturated rings. The highest BCUT2D eigenvalue weighted by Crippen LogP contribution is 2.17. The van der Waals surface area contributed by atoms with Gasteiger partial charge in [-0.25, -0.2) is 0 Å². The molecule has 1 aromatic heterocycles. The van der Waals surface area contributed by atoms with E-state index in [4.69, 9.17) is 4.74 Å². The topological polar surface area (TPSA) is 50.4 Å². The Kier molecular flexibility index (Phi) is 4.15. The van der Waals surface area contributed by atoms with Gasteiger partial charge in [0.15, 0.2) is 0 Å². The minimum absolute atomic E-state index is 0.0209. The molecule has 0 aliphatic carbocycles. The first-order valence-electron chi connectivity index (χ1n) is 5.87. The van der Waals surface area contributed by atoms with E-state index in [0.29, 0.717) is 0 Å². The summed E-state index contributed by atoms with van der Waals surface area (Å²) < 4.78 is 5.32. The average molecular weight is 254 g/mol. The Bertz CT molecular complexity index is 392. The van der Waals surface area contributed by atoms with Crippen molar-refractivity contribution in [3.05, 3.63) is 21.9 Å². The molecule has 0 spiro atoms. The van der Waals surface area contributed by atoms with Crippen LogP contribution in [0.25, 0.3) is 0 Å². The Morgan fingerprint density at radius 3 is 3.18 bits per heavy atom. The van der Waals surface area contributed by atoms with E-state index in [0.717, 1.165) is 30.0 Å². The molecule has 2 rings (SSSR count). The second-order valence-corrected chi connectivity index (χ2v) is 5.06. The van der Waals surface area contributed by atoms with E-state index in [1.807, 2.05) is 11.4 Å². The van der Waals surface area contributed by atoms with Gasteiger partial charge in [0.2, 0.25) is 0 Å². The number of aryl methyl sites for hydroxylation is 1. The van der Waals surface area contributed by atoms with E-state index in [9.17, 15) is 4.79 Å². The van der Waals surface area contributed by atoms with Crippen molar-refractivity contribution < 1.29 is 9.53 Å². The van der Waals surface area contributed by atoms with Crippen molar-refractivity contribution in [2.75, 3.05) is 20.2 Å². The summed E-state index contributed by atoms with van der Waals surface area (Å²) in [5.74, 6) is 0.0209. The number of hydrogen-bond acceptors (Lipinski definition) is 4. The van der Waals surface area contributed by atoms with Crippen molar-refractivity contribution in [3.63, 3.8) is 0 Å². The van der Waals surface area contributed by atoms with Crippen LogP contribution < -0.4 is 10.6 Å². The third-order valence-electron chi connectivity index (χ3n) is 3.11. The van der Waals surface area contributed by atoms with Gasteiger partial charge in [0, 0.05) is 20.2 Å². The molecule has 4 nitrogen and oxygen atoms in total. The first-order valence-corrected chi connectivity index (χ1v) is 6.75. The Morgan fingerprint density at radius 1 is 1.65 bits per heavy atom. The number of methoxy groups -OCH3 is 1. The molecule has 1 unspecified atom stereocenters. The van der Waals surface area contributed by atoms with E-state index in [1.165, 1.54) is 11.3 Å². The maximum atomic E-state index is 12.1. The summed E-state index contributed by atoms with van der Waals surface area (Å²) in [5, 5.41) is 8.22. The number of ether oxygens (including phenoxy) is 1. The van der Waals surface area contributed by atoms with Gasteiger partial charge in [-0.3, -0.25) is 4.79 Å². The van der Waals surface area contributed by atoms with Crippen molar-refractivity contribution in [2.24, 2.45) is 0 Å². The Labute approximate surface area is 105 Å². The van der Waals surface area contributed by atoms with Crippen LogP contribution in [0.4, 0.5) is 0 Å². The molecule has 1 aliphatic heterocycles. The van der Waals surface area contributed by atoms with Crippen LogP contribution in [0.1, 0.15) is 22.2 Å². The predicted molar refractivity (Wildman–Crippen MR) is 68.6 cm³/mol. The molecule has 17 heavy (non-hydrogen) atoms. The predicted octanol–water partition coefficient (Wildman–Crippen LogP) is 1.03. The van der Waals surface area contributed by atoms with Gasteiger partial charge >= 0.3 is 0 Å². The fraction of sp³-hybridized carbons (Fsp3) is 0.583. The molecule has 0 saturated carbocycles. The van der Waals surface area contributed by atoms with Gasteiger partial charge in [-0.1, -0.05) is 6.92 Å². The largest absolute Gasteiger partial charge is 0.378 e. The first-order chi connectivity index (χ1) is 8.26. The number of thiophene rings is 1. The van der Waals surface area contributed by atoms with E-state index >= 15 is 0 Å². The molecule has 1 aromatic rings. The maximum absolute atomic E-state index is 12.1. The minimum Gasteiger partial charge on any atom is -0.378 e. The normalized spacial score (nSPS) is 23.9. The number of carbonyl (C=O) groups excluding carboxylic acids is 1. The van der Waals surface area contributed by atoms with Crippen molar-refractivity contribution in [1.29, 1.82) is 0 Å². The Balaban J connectivity index is 2.01. The lowest BCUT2D eigenvalue weighted by atomic mass is 10.1. The summed E-state index contributed by atoms with van der Waals surface area (Å²) in [7, 11) is 1.68. The van der Waals surface area contributed by atoms with Crippen LogP contribution in [0.3, 0.4) is 0 Å². The number of amides is 1. The average Bonchev–Trinajstić information content (AvgIpc) is 2.96. The SMILES string of the molecule is CCc1ccsc1C(=O)NC1CNC[C@@H]1OC. The quantitative estimate of drug-likeness (QED) is 0.843. The zero-order chi connectivity index (χ0) is 12.3. The number of nitrogens with one attached hydrogen (secondary N) is 2. The highest BCUT2D eigenvalue weighted by atomic mass is 32.1. The summed E-state index contributed by atoms with van der Waals surface area (Å²) >= 11 is 1.50. The van der Waals surface area contributed by atoms with Gasteiger partial charge in [-0.05, 0) is 23.4 Å². The Hall–Kier alpha value is -0.910. The van der Waals surface area contributed by atoms with Crippen molar-refractivity contribution in [3.8, 4) is 0 Å². The van der Waals surface area contributed by atoms with Crippen molar-refractivity contribution >= 4 is 17.2 Å². The van der Waals surface area contributed by atoms with Crippen molar-refractivity contribution in [1.82, 2.24) is 10.6 Å². The van der Waals surface area contributed by atoms with E-state index < -0.39 is 0 Å². The summed E-state index contributed by atoms with van der Waals surface area (Å²) in [6.07, 6.45) is 0.965. The van der Waals surface area contributed by atoms with Crippen LogP contribution in [-0.4, -0.2) is 38.3 Å². The van der Waals surface area contributed by atoms with Crippen molar-refractivity contribution in [2.45, 2.75) is 25.5 Å². The van der Waals surface area contributed by atoms with Crippen LogP contribution in [0.15, 0.2) is 11.4 Å². The third-order valence-corrected chi connectivity index (χ3v) is 4.07. The van der Waals surface area contributed by atoms with E-state index in [2.05, 4.69) is 17.6 Å². The van der Waals surface area contributed by atoms with Crippen LogP contribution >= 0.6 is 11.3 Å². The second kappa shape index (κ2) is 5.62. The first kappa shape index (κ1) is 12.5. The van der Waals surface area contributed by atoms with Gasteiger partial charge in [0.1, 0.15) is 0 Å². The lowest BCUT2D eigenvalue weighted by Crippen LogP contribution is -2.43. The van der Waals surface area contributed by atoms with Gasteiger partial charge in [0.25, 0.3) is 5.91 Å². The lowest BCUT2D eigenvalue weighted by molar-refractivity contribution is 0.0782. The summed E-state index contributed by atoms with van der Waals surface area (Å²) in [4.78, 5) is 12.9. The smallest absolute Gasteiger partial charge is 0.261 e. The second-order valence-electron chi connectivity index (χ2n) is 4.14. The zero-order valence-corrected chi connectivity index (χ0v) is 11.0. The zero-order valence-electron chi connectivity index (χ0n) is 10.2. The lowest BCUT2D eigenvalue weighted by Gasteiger charge is -2.18. The van der Waals surface area contributed by atoms with Gasteiger partial charge in [-0.15, -0.1) is 11.3 Å². The number of hydrogen-bond donors (Lipinski definition) is 2. The highest BCUT2D eigenvalue weighted by molar-refractivity contribution is 7.12. The molecular formula is C12H18N2O2S. The molecule has 2 atom stereocenters. The van der Waals surface area contributed by atoms with Crippen LogP contribution in [0.5, 0.6) is 0 Å². The standard InChI is InChI=1S/C12H18N2O2S/c1-3-8-4-5-17-11(8)12(15)14-9-6-13-7-10(9)16-2/h4-5,9-10,13H,3,6-7H2,1-2H3,(H,14,15)/t9?,10-/m0/s1. The molecule has 5 heteroatoms. The summed E-state index contributed by atoms with van der Waals surface area (Å²) in [6.45, 7) is 3.64. The monoisotopic (exact) mass is 254 g/mol. The van der Waals surface area contributed by atoms with Crippen LogP contribution in [0.2, 0.25) is 0 Å². The van der Waals surface area contributed by atoms with E-state index in [-0.39, 0.29) is 18.1 Å². The van der Waals surface area contributed by atoms with Gasteiger partial charge in [0.05, 0.1) is 17.0 Å². The molecular weight excluding hydrogens is 236 g/mol. The van der Waals surface area contributed by atoms with Crippen LogP contribution in [-0.2, 0) is 11.2 Å². The molecule has 2 heterocycles. The molecule has 0 radical (unpaired) electrons. The molecule has 2 N–H and O–H groups in total. The van der Waals surface area contributed by atoms with Gasteiger partial charge < -0.3 is 15.4 Å². The molecule has 1 saturated heterocycles. The molecule has 0 bridgehead atoms. The highest BCUT2D eigenvalue weighted by Gasteiger charge is 2.29. The summed E-state index contributed by atoms with van der Waals surface area (Å²) in [6, 6.07) is 2.08.